The number of pyridine rings is 1. The summed E-state index contributed by atoms with van der Waals surface area (Å²) in [6.07, 6.45) is -0.673. The van der Waals surface area contributed by atoms with E-state index in [1.165, 1.54) is 26.1 Å². The monoisotopic (exact) mass is 317 g/mol. The molecule has 8 heteroatoms. The largest absolute Gasteiger partial charge is 0.394 e. The number of nitrogens with zero attached hydrogens (tertiary/aromatic N) is 1. The highest BCUT2D eigenvalue weighted by molar-refractivity contribution is 5.99. The second kappa shape index (κ2) is 7.46. The summed E-state index contributed by atoms with van der Waals surface area (Å²) in [4.78, 5) is 15.6. The van der Waals surface area contributed by atoms with Crippen LogP contribution in [0, 0.1) is 0 Å². The van der Waals surface area contributed by atoms with Crippen molar-refractivity contribution in [1.29, 1.82) is 0 Å². The molecular formula is C14H21F2N3O3. The highest BCUT2D eigenvalue weighted by Crippen LogP contribution is 2.23. The first-order valence-electron chi connectivity index (χ1n) is 6.78. The predicted octanol–water partition coefficient (Wildman–Crippen LogP) is 0.574. The normalized spacial score (nSPS) is 14.5. The Morgan fingerprint density at radius 2 is 2.18 bits per heavy atom. The molecule has 5 N–H and O–H groups in total. The van der Waals surface area contributed by atoms with Crippen molar-refractivity contribution < 1.29 is 23.8 Å². The lowest BCUT2D eigenvalue weighted by molar-refractivity contribution is -0.00307. The van der Waals surface area contributed by atoms with Gasteiger partial charge in [0.1, 0.15) is 12.8 Å². The van der Waals surface area contributed by atoms with Gasteiger partial charge in [0.15, 0.2) is 0 Å². The lowest BCUT2D eigenvalue weighted by Crippen LogP contribution is -2.35. The van der Waals surface area contributed by atoms with E-state index in [2.05, 4.69) is 10.3 Å². The molecule has 0 fully saturated rings. The van der Waals surface area contributed by atoms with Crippen molar-refractivity contribution in [1.82, 2.24) is 4.98 Å². The molecule has 0 aliphatic rings. The lowest BCUT2D eigenvalue weighted by Gasteiger charge is -2.23. The van der Waals surface area contributed by atoms with Crippen molar-refractivity contribution in [3.63, 3.8) is 0 Å². The van der Waals surface area contributed by atoms with E-state index >= 15 is 0 Å². The zero-order valence-electron chi connectivity index (χ0n) is 12.5. The average molecular weight is 317 g/mol. The number of aliphatic hydroxyl groups excluding tert-OH is 1. The van der Waals surface area contributed by atoms with Crippen LogP contribution in [0.5, 0.6) is 0 Å². The topological polar surface area (TPSA) is 108 Å². The first-order valence-corrected chi connectivity index (χ1v) is 6.78. The predicted molar refractivity (Wildman–Crippen MR) is 78.1 cm³/mol. The van der Waals surface area contributed by atoms with Crippen molar-refractivity contribution in [3.8, 4) is 0 Å². The maximum atomic E-state index is 14.0. The highest BCUT2D eigenvalue weighted by atomic mass is 19.1. The average Bonchev–Trinajstić information content (AvgIpc) is 2.43. The molecule has 0 spiro atoms. The number of amides is 1. The number of carbonyl (C=O) groups excluding carboxylic acids is 1. The number of nitrogens with two attached hydrogens (primary N) is 1. The van der Waals surface area contributed by atoms with Crippen LogP contribution in [0.1, 0.15) is 29.9 Å². The number of anilines is 1. The van der Waals surface area contributed by atoms with Gasteiger partial charge in [-0.15, -0.1) is 0 Å². The summed E-state index contributed by atoms with van der Waals surface area (Å²) < 4.78 is 26.7. The van der Waals surface area contributed by atoms with Gasteiger partial charge in [-0.05, 0) is 19.9 Å². The van der Waals surface area contributed by atoms with Gasteiger partial charge in [0.05, 0.1) is 35.2 Å². The van der Waals surface area contributed by atoms with Gasteiger partial charge in [0.25, 0.3) is 5.91 Å². The number of alkyl halides is 2. The standard InChI is InChI=1S/C14H21F2N3O3/c1-14(2,22)11(16)5-10-12(13(17)21)9(3-4-18-10)19-8(6-15)7-20/h3-4,8,11,20,22H,5-7H2,1-2H3,(H2,17,21)(H,18,19)/t8?,11-/m1/s1. The Bertz CT molecular complexity index is 517. The molecule has 1 aromatic rings. The van der Waals surface area contributed by atoms with Crippen molar-refractivity contribution in [2.45, 2.75) is 38.1 Å². The number of halogens is 2. The molecule has 0 aliphatic carbocycles. The minimum Gasteiger partial charge on any atom is -0.394 e. The van der Waals surface area contributed by atoms with Gasteiger partial charge in [-0.1, -0.05) is 0 Å². The van der Waals surface area contributed by atoms with E-state index in [1.54, 1.807) is 0 Å². The molecule has 6 nitrogen and oxygen atoms in total. The van der Waals surface area contributed by atoms with E-state index in [9.17, 15) is 18.7 Å². The van der Waals surface area contributed by atoms with Gasteiger partial charge < -0.3 is 21.3 Å². The van der Waals surface area contributed by atoms with Gasteiger partial charge >= 0.3 is 0 Å². The number of aromatic nitrogens is 1. The highest BCUT2D eigenvalue weighted by Gasteiger charge is 2.29. The summed E-state index contributed by atoms with van der Waals surface area (Å²) in [7, 11) is 0. The third-order valence-electron chi connectivity index (χ3n) is 3.18. The molecule has 0 aliphatic heterocycles. The number of rotatable bonds is 8. The zero-order chi connectivity index (χ0) is 16.9. The van der Waals surface area contributed by atoms with Crippen molar-refractivity contribution in [2.75, 3.05) is 18.6 Å². The van der Waals surface area contributed by atoms with Crippen LogP contribution < -0.4 is 11.1 Å². The van der Waals surface area contributed by atoms with Crippen LogP contribution in [0.3, 0.4) is 0 Å². The van der Waals surface area contributed by atoms with Gasteiger partial charge in [-0.25, -0.2) is 8.78 Å². The van der Waals surface area contributed by atoms with E-state index in [1.807, 2.05) is 0 Å². The molecule has 124 valence electrons. The number of aliphatic hydroxyl groups is 2. The summed E-state index contributed by atoms with van der Waals surface area (Å²) >= 11 is 0. The first kappa shape index (κ1) is 18.2. The maximum absolute atomic E-state index is 14.0. The molecular weight excluding hydrogens is 296 g/mol. The molecule has 1 aromatic heterocycles. The van der Waals surface area contributed by atoms with Crippen molar-refractivity contribution in [2.24, 2.45) is 5.73 Å². The summed E-state index contributed by atoms with van der Waals surface area (Å²) in [6.45, 7) is 1.26. The second-order valence-electron chi connectivity index (χ2n) is 5.55. The molecule has 0 saturated heterocycles. The van der Waals surface area contributed by atoms with E-state index in [-0.39, 0.29) is 23.4 Å². The van der Waals surface area contributed by atoms with Crippen LogP contribution in [0.4, 0.5) is 14.5 Å². The Morgan fingerprint density at radius 1 is 1.55 bits per heavy atom. The van der Waals surface area contributed by atoms with E-state index in [0.717, 1.165) is 0 Å². The Kier molecular flexibility index (Phi) is 6.19. The molecule has 0 radical (unpaired) electrons. The third-order valence-corrected chi connectivity index (χ3v) is 3.18. The smallest absolute Gasteiger partial charge is 0.252 e. The van der Waals surface area contributed by atoms with Gasteiger partial charge in [-0.3, -0.25) is 9.78 Å². The molecule has 1 heterocycles. The van der Waals surface area contributed by atoms with Crippen molar-refractivity contribution >= 4 is 11.6 Å². The molecule has 0 aromatic carbocycles. The SMILES string of the molecule is CC(C)(O)[C@H](F)Cc1nccc(NC(CO)CF)c1C(N)=O. The molecule has 1 unspecified atom stereocenters. The number of hydrogen-bond acceptors (Lipinski definition) is 5. The summed E-state index contributed by atoms with van der Waals surface area (Å²) in [5.74, 6) is -0.857. The van der Waals surface area contributed by atoms with Gasteiger partial charge in [-0.2, -0.15) is 0 Å². The van der Waals surface area contributed by atoms with E-state index in [0.29, 0.717) is 0 Å². The lowest BCUT2D eigenvalue weighted by atomic mass is 9.96. The molecule has 1 amide bonds. The van der Waals surface area contributed by atoms with Gasteiger partial charge in [0, 0.05) is 12.6 Å². The minimum absolute atomic E-state index is 0.0580. The molecule has 1 rings (SSSR count). The maximum Gasteiger partial charge on any atom is 0.252 e. The Hall–Kier alpha value is -1.80. The minimum atomic E-state index is -1.66. The summed E-state index contributed by atoms with van der Waals surface area (Å²) in [5, 5.41) is 21.3. The Balaban J connectivity index is 3.16. The first-order chi connectivity index (χ1) is 10.2. The summed E-state index contributed by atoms with van der Waals surface area (Å²) in [6, 6.07) is 0.475. The Morgan fingerprint density at radius 3 is 2.64 bits per heavy atom. The quantitative estimate of drug-likeness (QED) is 0.561. The Labute approximate surface area is 127 Å². The number of nitrogens with one attached hydrogen (secondary N) is 1. The molecule has 0 saturated carbocycles. The van der Waals surface area contributed by atoms with Crippen LogP contribution in [0.2, 0.25) is 0 Å². The molecule has 2 atom stereocenters. The van der Waals surface area contributed by atoms with Crippen LogP contribution >= 0.6 is 0 Å². The van der Waals surface area contributed by atoms with Crippen molar-refractivity contribution in [3.05, 3.63) is 23.5 Å². The number of carbonyl (C=O) groups is 1. The summed E-state index contributed by atoms with van der Waals surface area (Å²) in [5.41, 5.74) is 3.83. The van der Waals surface area contributed by atoms with Gasteiger partial charge in [0.2, 0.25) is 0 Å². The van der Waals surface area contributed by atoms with E-state index < -0.39 is 37.0 Å². The van der Waals surface area contributed by atoms with Crippen LogP contribution in [-0.4, -0.2) is 52.2 Å². The zero-order valence-corrected chi connectivity index (χ0v) is 12.5. The van der Waals surface area contributed by atoms with E-state index in [4.69, 9.17) is 10.8 Å². The van der Waals surface area contributed by atoms with Crippen LogP contribution in [-0.2, 0) is 6.42 Å². The second-order valence-corrected chi connectivity index (χ2v) is 5.55. The fraction of sp³-hybridized carbons (Fsp3) is 0.571. The van der Waals surface area contributed by atoms with Crippen LogP contribution in [0.25, 0.3) is 0 Å². The number of primary amides is 1. The fourth-order valence-corrected chi connectivity index (χ4v) is 1.83. The van der Waals surface area contributed by atoms with Crippen LogP contribution in [0.15, 0.2) is 12.3 Å². The third kappa shape index (κ3) is 4.60. The molecule has 0 bridgehead atoms. The number of hydrogen-bond donors (Lipinski definition) is 4. The molecule has 22 heavy (non-hydrogen) atoms. The fourth-order valence-electron chi connectivity index (χ4n) is 1.83.